The van der Waals surface area contributed by atoms with Crippen LogP contribution in [0.3, 0.4) is 0 Å². The Bertz CT molecular complexity index is 1250. The van der Waals surface area contributed by atoms with E-state index in [4.69, 9.17) is 8.83 Å². The third kappa shape index (κ3) is 3.73. The SMILES string of the molecule is COC(=O)[C@@H](C)NC(=O)CCc1c(C)c2cc3c4c(oc3c(C)c2oc1=O)CCCC4. The second-order valence-electron chi connectivity index (χ2n) is 8.27. The van der Waals surface area contributed by atoms with Gasteiger partial charge in [-0.15, -0.1) is 0 Å². The standard InChI is InChI=1S/C24H27NO6/c1-12-15(9-10-20(26)25-14(3)23(27)29-4)24(28)31-21-13(2)22-18(11-17(12)21)16-7-5-6-8-19(16)30-22/h11,14H,5-10H2,1-4H3,(H,25,26)/t14-/m1/s1. The Morgan fingerprint density at radius 1 is 1.10 bits per heavy atom. The highest BCUT2D eigenvalue weighted by molar-refractivity contribution is 6.00. The Balaban J connectivity index is 1.69. The molecule has 1 aliphatic carbocycles. The summed E-state index contributed by atoms with van der Waals surface area (Å²) in [7, 11) is 1.27. The molecule has 0 saturated heterocycles. The lowest BCUT2D eigenvalue weighted by Crippen LogP contribution is -2.39. The summed E-state index contributed by atoms with van der Waals surface area (Å²) in [5.41, 5.74) is 4.27. The fraction of sp³-hybridized carbons (Fsp3) is 0.458. The molecule has 164 valence electrons. The molecule has 1 atom stereocenters. The van der Waals surface area contributed by atoms with Gasteiger partial charge in [0.1, 0.15) is 23.0 Å². The summed E-state index contributed by atoms with van der Waals surface area (Å²) in [6.45, 7) is 5.36. The number of hydrogen-bond acceptors (Lipinski definition) is 6. The molecule has 0 radical (unpaired) electrons. The highest BCUT2D eigenvalue weighted by Crippen LogP contribution is 2.37. The Kier molecular flexibility index (Phi) is 5.60. The fourth-order valence-electron chi connectivity index (χ4n) is 4.49. The number of methoxy groups -OCH3 is 1. The van der Waals surface area contributed by atoms with Crippen LogP contribution < -0.4 is 10.9 Å². The molecule has 1 N–H and O–H groups in total. The largest absolute Gasteiger partial charge is 0.467 e. The predicted molar refractivity (Wildman–Crippen MR) is 116 cm³/mol. The first kappa shape index (κ1) is 21.2. The minimum absolute atomic E-state index is 0.0702. The molecule has 0 fully saturated rings. The van der Waals surface area contributed by atoms with Crippen molar-refractivity contribution in [1.29, 1.82) is 0 Å². The number of benzene rings is 1. The normalized spacial score (nSPS) is 14.5. The van der Waals surface area contributed by atoms with Crippen molar-refractivity contribution in [3.63, 3.8) is 0 Å². The molecule has 7 heteroatoms. The average Bonchev–Trinajstić information content (AvgIpc) is 3.13. The van der Waals surface area contributed by atoms with Crippen molar-refractivity contribution < 1.29 is 23.2 Å². The van der Waals surface area contributed by atoms with Crippen molar-refractivity contribution in [3.05, 3.63) is 44.5 Å². The van der Waals surface area contributed by atoms with Crippen LogP contribution >= 0.6 is 0 Å². The first-order valence-corrected chi connectivity index (χ1v) is 10.7. The van der Waals surface area contributed by atoms with Gasteiger partial charge in [0.15, 0.2) is 0 Å². The van der Waals surface area contributed by atoms with Crippen molar-refractivity contribution in [2.45, 2.75) is 65.3 Å². The molecule has 0 spiro atoms. The van der Waals surface area contributed by atoms with E-state index in [-0.39, 0.29) is 18.7 Å². The summed E-state index contributed by atoms with van der Waals surface area (Å²) in [5, 5.41) is 4.54. The minimum Gasteiger partial charge on any atom is -0.467 e. The maximum atomic E-state index is 12.7. The van der Waals surface area contributed by atoms with Crippen molar-refractivity contribution in [2.24, 2.45) is 0 Å². The summed E-state index contributed by atoms with van der Waals surface area (Å²) in [5.74, 6) is 0.196. The van der Waals surface area contributed by atoms with Gasteiger partial charge in [-0.1, -0.05) is 0 Å². The lowest BCUT2D eigenvalue weighted by Gasteiger charge is -2.13. The zero-order valence-corrected chi connectivity index (χ0v) is 18.3. The van der Waals surface area contributed by atoms with E-state index in [0.29, 0.717) is 11.1 Å². The van der Waals surface area contributed by atoms with E-state index in [1.54, 1.807) is 6.92 Å². The number of rotatable bonds is 5. The Hall–Kier alpha value is -3.09. The average molecular weight is 425 g/mol. The molecular weight excluding hydrogens is 398 g/mol. The Morgan fingerprint density at radius 2 is 1.81 bits per heavy atom. The van der Waals surface area contributed by atoms with E-state index >= 15 is 0 Å². The molecular formula is C24H27NO6. The molecule has 4 rings (SSSR count). The summed E-state index contributed by atoms with van der Waals surface area (Å²) in [4.78, 5) is 36.4. The summed E-state index contributed by atoms with van der Waals surface area (Å²) in [6, 6.07) is 1.32. The number of carbonyl (C=O) groups excluding carboxylic acids is 2. The maximum absolute atomic E-state index is 12.7. The van der Waals surface area contributed by atoms with Gasteiger partial charge in [0, 0.05) is 40.3 Å². The van der Waals surface area contributed by atoms with Crippen LogP contribution in [0.5, 0.6) is 0 Å². The number of aryl methyl sites for hydroxylation is 4. The van der Waals surface area contributed by atoms with Crippen molar-refractivity contribution >= 4 is 33.8 Å². The molecule has 1 aromatic carbocycles. The topological polar surface area (TPSA) is 98.8 Å². The third-order valence-corrected chi connectivity index (χ3v) is 6.26. The zero-order chi connectivity index (χ0) is 22.3. The highest BCUT2D eigenvalue weighted by atomic mass is 16.5. The molecule has 1 aliphatic rings. The van der Waals surface area contributed by atoms with Gasteiger partial charge < -0.3 is 18.9 Å². The molecule has 3 aromatic rings. The van der Waals surface area contributed by atoms with Gasteiger partial charge in [-0.2, -0.15) is 0 Å². The van der Waals surface area contributed by atoms with Gasteiger partial charge in [0.2, 0.25) is 5.91 Å². The van der Waals surface area contributed by atoms with Gasteiger partial charge >= 0.3 is 11.6 Å². The quantitative estimate of drug-likeness (QED) is 0.495. The fourth-order valence-corrected chi connectivity index (χ4v) is 4.49. The molecule has 0 bridgehead atoms. The second kappa shape index (κ2) is 8.21. The minimum atomic E-state index is -0.741. The van der Waals surface area contributed by atoms with Crippen LogP contribution in [0.15, 0.2) is 19.7 Å². The molecule has 1 amide bonds. The van der Waals surface area contributed by atoms with Gasteiger partial charge in [0.25, 0.3) is 0 Å². The number of hydrogen-bond donors (Lipinski definition) is 1. The van der Waals surface area contributed by atoms with Gasteiger partial charge in [-0.05, 0) is 58.1 Å². The number of amides is 1. The maximum Gasteiger partial charge on any atom is 0.339 e. The molecule has 2 heterocycles. The molecule has 31 heavy (non-hydrogen) atoms. The van der Waals surface area contributed by atoms with Crippen LogP contribution in [-0.2, 0) is 33.6 Å². The van der Waals surface area contributed by atoms with Crippen LogP contribution in [0.25, 0.3) is 21.9 Å². The third-order valence-electron chi connectivity index (χ3n) is 6.26. The summed E-state index contributed by atoms with van der Waals surface area (Å²) < 4.78 is 16.4. The number of esters is 1. The number of furan rings is 1. The van der Waals surface area contributed by atoms with E-state index in [9.17, 15) is 14.4 Å². The molecule has 0 aliphatic heterocycles. The Morgan fingerprint density at radius 3 is 2.55 bits per heavy atom. The number of fused-ring (bicyclic) bond motifs is 4. The Labute approximate surface area is 179 Å². The molecule has 2 aromatic heterocycles. The number of nitrogens with one attached hydrogen (secondary N) is 1. The van der Waals surface area contributed by atoms with Gasteiger partial charge in [0.05, 0.1) is 7.11 Å². The molecule has 0 unspecified atom stereocenters. The summed E-state index contributed by atoms with van der Waals surface area (Å²) >= 11 is 0. The smallest absolute Gasteiger partial charge is 0.339 e. The molecule has 0 saturated carbocycles. The van der Waals surface area contributed by atoms with Crippen molar-refractivity contribution in [1.82, 2.24) is 5.32 Å². The van der Waals surface area contributed by atoms with Crippen LogP contribution in [0, 0.1) is 13.8 Å². The first-order chi connectivity index (χ1) is 14.8. The van der Waals surface area contributed by atoms with Crippen LogP contribution in [-0.4, -0.2) is 25.0 Å². The van der Waals surface area contributed by atoms with E-state index in [1.807, 2.05) is 13.8 Å². The summed E-state index contributed by atoms with van der Waals surface area (Å²) in [6.07, 6.45) is 4.50. The zero-order valence-electron chi connectivity index (χ0n) is 18.3. The lowest BCUT2D eigenvalue weighted by atomic mass is 9.93. The monoisotopic (exact) mass is 425 g/mol. The number of ether oxygens (including phenoxy) is 1. The predicted octanol–water partition coefficient (Wildman–Crippen LogP) is 3.65. The van der Waals surface area contributed by atoms with E-state index in [0.717, 1.165) is 58.9 Å². The molecule has 7 nitrogen and oxygen atoms in total. The van der Waals surface area contributed by atoms with Crippen LogP contribution in [0.2, 0.25) is 0 Å². The van der Waals surface area contributed by atoms with E-state index in [1.165, 1.54) is 12.7 Å². The van der Waals surface area contributed by atoms with Crippen LogP contribution in [0.4, 0.5) is 0 Å². The van der Waals surface area contributed by atoms with E-state index in [2.05, 4.69) is 16.1 Å². The highest BCUT2D eigenvalue weighted by Gasteiger charge is 2.23. The lowest BCUT2D eigenvalue weighted by molar-refractivity contribution is -0.144. The second-order valence-corrected chi connectivity index (χ2v) is 8.27. The van der Waals surface area contributed by atoms with Crippen LogP contribution in [0.1, 0.15) is 54.2 Å². The first-order valence-electron chi connectivity index (χ1n) is 10.7. The van der Waals surface area contributed by atoms with Crippen molar-refractivity contribution in [3.8, 4) is 0 Å². The van der Waals surface area contributed by atoms with Gasteiger partial charge in [-0.25, -0.2) is 9.59 Å². The number of carbonyl (C=O) groups is 2. The van der Waals surface area contributed by atoms with Gasteiger partial charge in [-0.3, -0.25) is 4.79 Å². The van der Waals surface area contributed by atoms with E-state index < -0.39 is 17.6 Å². The van der Waals surface area contributed by atoms with Crippen molar-refractivity contribution in [2.75, 3.05) is 7.11 Å².